The maximum Gasteiger partial charge on any atom is 0.287 e. The second-order valence-corrected chi connectivity index (χ2v) is 8.10. The normalized spacial score (nSPS) is 11.7. The number of anilines is 1. The van der Waals surface area contributed by atoms with Crippen LogP contribution in [0.5, 0.6) is 0 Å². The summed E-state index contributed by atoms with van der Waals surface area (Å²) in [5, 5.41) is 12.4. The van der Waals surface area contributed by atoms with E-state index in [0.29, 0.717) is 16.1 Å². The first-order valence-corrected chi connectivity index (χ1v) is 10.3. The third kappa shape index (κ3) is 4.69. The summed E-state index contributed by atoms with van der Waals surface area (Å²) in [6, 6.07) is 4.29. The zero-order chi connectivity index (χ0) is 23.0. The van der Waals surface area contributed by atoms with Gasteiger partial charge in [0.25, 0.3) is 11.8 Å². The fraction of sp³-hybridized carbons (Fsp3) is 0.250. The molecule has 3 heterocycles. The van der Waals surface area contributed by atoms with Gasteiger partial charge in [-0.2, -0.15) is 18.7 Å². The number of carbonyl (C=O) groups excluding carboxylic acids is 1. The largest absolute Gasteiger partial charge is 0.440 e. The quantitative estimate of drug-likeness (QED) is 0.451. The molecule has 0 saturated heterocycles. The fourth-order valence-electron chi connectivity index (χ4n) is 2.96. The molecule has 1 amide bonds. The van der Waals surface area contributed by atoms with Crippen LogP contribution in [0.3, 0.4) is 0 Å². The van der Waals surface area contributed by atoms with Gasteiger partial charge in [0.15, 0.2) is 23.2 Å². The molecule has 0 aliphatic heterocycles. The summed E-state index contributed by atoms with van der Waals surface area (Å²) in [5.74, 6) is -3.62. The van der Waals surface area contributed by atoms with Crippen molar-refractivity contribution in [3.63, 3.8) is 0 Å². The van der Waals surface area contributed by atoms with Gasteiger partial charge in [0.2, 0.25) is 0 Å². The van der Waals surface area contributed by atoms with Crippen LogP contribution in [0.1, 0.15) is 39.6 Å². The number of hydrogen-bond acceptors (Lipinski definition) is 7. The summed E-state index contributed by atoms with van der Waals surface area (Å²) in [7, 11) is 0. The summed E-state index contributed by atoms with van der Waals surface area (Å²) in [5.41, 5.74) is 0.690. The molecule has 4 rings (SSSR count). The van der Waals surface area contributed by atoms with Gasteiger partial charge in [-0.3, -0.25) is 4.79 Å². The van der Waals surface area contributed by atoms with E-state index in [1.165, 1.54) is 28.5 Å². The topological polar surface area (TPSA) is 98.7 Å². The van der Waals surface area contributed by atoms with Crippen LogP contribution in [-0.4, -0.2) is 30.9 Å². The second kappa shape index (κ2) is 8.19. The number of amides is 1. The highest BCUT2D eigenvalue weighted by atomic mass is 32.1. The van der Waals surface area contributed by atoms with E-state index < -0.39 is 17.6 Å². The number of alkyl halides is 2. The molecule has 1 aromatic carbocycles. The van der Waals surface area contributed by atoms with Crippen LogP contribution in [0.15, 0.2) is 34.2 Å². The first-order valence-electron chi connectivity index (χ1n) is 9.37. The first kappa shape index (κ1) is 21.7. The molecule has 3 aromatic heterocycles. The summed E-state index contributed by atoms with van der Waals surface area (Å²) in [6.07, 6.45) is 1.31. The lowest BCUT2D eigenvalue weighted by Gasteiger charge is -2.04. The maximum absolute atomic E-state index is 13.8. The molecule has 4 aromatic rings. The van der Waals surface area contributed by atoms with Crippen LogP contribution in [0.4, 0.5) is 19.0 Å². The average Bonchev–Trinajstić information content (AvgIpc) is 3.41. The van der Waals surface area contributed by atoms with Crippen molar-refractivity contribution >= 4 is 23.1 Å². The molecule has 166 valence electrons. The minimum atomic E-state index is -3.03. The van der Waals surface area contributed by atoms with E-state index in [-0.39, 0.29) is 35.4 Å². The van der Waals surface area contributed by atoms with E-state index in [4.69, 9.17) is 4.42 Å². The van der Waals surface area contributed by atoms with Gasteiger partial charge in [-0.1, -0.05) is 0 Å². The van der Waals surface area contributed by atoms with Gasteiger partial charge >= 0.3 is 0 Å². The van der Waals surface area contributed by atoms with Crippen molar-refractivity contribution in [2.45, 2.75) is 33.2 Å². The Morgan fingerprint density at radius 1 is 1.25 bits per heavy atom. The van der Waals surface area contributed by atoms with E-state index in [9.17, 15) is 18.0 Å². The minimum Gasteiger partial charge on any atom is -0.440 e. The number of hydrogen-bond donors (Lipinski definition) is 1. The van der Waals surface area contributed by atoms with Crippen molar-refractivity contribution in [2.75, 3.05) is 5.32 Å². The van der Waals surface area contributed by atoms with E-state index in [1.807, 2.05) is 0 Å². The number of oxazole rings is 1. The van der Waals surface area contributed by atoms with Gasteiger partial charge in [-0.25, -0.2) is 14.4 Å². The van der Waals surface area contributed by atoms with Crippen LogP contribution in [0.25, 0.3) is 11.3 Å². The molecule has 0 aliphatic rings. The zero-order valence-corrected chi connectivity index (χ0v) is 18.0. The van der Waals surface area contributed by atoms with Gasteiger partial charge in [-0.15, -0.1) is 16.4 Å². The Bertz CT molecular complexity index is 1270. The van der Waals surface area contributed by atoms with Crippen molar-refractivity contribution in [2.24, 2.45) is 0 Å². The maximum atomic E-state index is 13.8. The molecule has 0 radical (unpaired) electrons. The molecule has 0 unspecified atom stereocenters. The van der Waals surface area contributed by atoms with Crippen molar-refractivity contribution in [3.8, 4) is 11.3 Å². The lowest BCUT2D eigenvalue weighted by Crippen LogP contribution is -2.14. The molecule has 1 N–H and O–H groups in total. The Balaban J connectivity index is 1.51. The summed E-state index contributed by atoms with van der Waals surface area (Å²) >= 11 is 1.06. The standard InChI is InChI=1S/C20H17F3N6O2S/c1-10-4-12(6-13(21)5-10)18-17(25-11(2)31-18)19(30)27-15-7-24-29(28-15)8-16-26-14(9-32-16)20(3,22)23/h4-7,9H,8H2,1-3H3,(H,27,28,30). The Hall–Kier alpha value is -3.54. The molecule has 0 spiro atoms. The lowest BCUT2D eigenvalue weighted by atomic mass is 10.1. The highest BCUT2D eigenvalue weighted by Gasteiger charge is 2.27. The summed E-state index contributed by atoms with van der Waals surface area (Å²) in [6.45, 7) is 4.13. The van der Waals surface area contributed by atoms with E-state index in [1.54, 1.807) is 19.9 Å². The van der Waals surface area contributed by atoms with Crippen LogP contribution in [-0.2, 0) is 12.5 Å². The van der Waals surface area contributed by atoms with Crippen LogP contribution in [0.2, 0.25) is 0 Å². The predicted octanol–water partition coefficient (Wildman–Crippen LogP) is 4.56. The summed E-state index contributed by atoms with van der Waals surface area (Å²) < 4.78 is 46.0. The fourth-order valence-corrected chi connectivity index (χ4v) is 3.80. The molecule has 0 saturated carbocycles. The Labute approximate surface area is 184 Å². The number of halogens is 3. The molecule has 0 aliphatic carbocycles. The molecule has 12 heteroatoms. The highest BCUT2D eigenvalue weighted by molar-refractivity contribution is 7.09. The van der Waals surface area contributed by atoms with Gasteiger partial charge in [0.1, 0.15) is 23.1 Å². The Morgan fingerprint density at radius 2 is 2.03 bits per heavy atom. The SMILES string of the molecule is Cc1cc(F)cc(-c2oc(C)nc2C(=O)Nc2cnn(Cc3nc(C(C)(F)F)cs3)n2)c1. The first-order chi connectivity index (χ1) is 15.1. The third-order valence-corrected chi connectivity index (χ3v) is 5.14. The zero-order valence-electron chi connectivity index (χ0n) is 17.2. The number of nitrogens with zero attached hydrogens (tertiary/aromatic N) is 5. The predicted molar refractivity (Wildman–Crippen MR) is 110 cm³/mol. The summed E-state index contributed by atoms with van der Waals surface area (Å²) in [4.78, 5) is 22.0. The molecule has 0 atom stereocenters. The molecule has 0 fully saturated rings. The number of nitrogens with one attached hydrogen (secondary N) is 1. The van der Waals surface area contributed by atoms with Crippen molar-refractivity contribution in [3.05, 3.63) is 63.4 Å². The molecular formula is C20H17F3N6O2S. The van der Waals surface area contributed by atoms with Crippen molar-refractivity contribution in [1.82, 2.24) is 25.0 Å². The Morgan fingerprint density at radius 3 is 2.72 bits per heavy atom. The Kier molecular flexibility index (Phi) is 5.55. The van der Waals surface area contributed by atoms with E-state index in [0.717, 1.165) is 18.3 Å². The molecule has 8 nitrogen and oxygen atoms in total. The van der Waals surface area contributed by atoms with E-state index in [2.05, 4.69) is 25.5 Å². The number of aromatic nitrogens is 5. The number of benzene rings is 1. The highest BCUT2D eigenvalue weighted by Crippen LogP contribution is 2.29. The molecule has 0 bridgehead atoms. The van der Waals surface area contributed by atoms with Crippen molar-refractivity contribution < 1.29 is 22.4 Å². The smallest absolute Gasteiger partial charge is 0.287 e. The van der Waals surface area contributed by atoms with Gasteiger partial charge < -0.3 is 9.73 Å². The second-order valence-electron chi connectivity index (χ2n) is 7.16. The van der Waals surface area contributed by atoms with Gasteiger partial charge in [0.05, 0.1) is 6.20 Å². The number of rotatable bonds is 6. The van der Waals surface area contributed by atoms with Crippen LogP contribution in [0, 0.1) is 19.7 Å². The number of carbonyl (C=O) groups is 1. The van der Waals surface area contributed by atoms with Gasteiger partial charge in [0, 0.05) is 24.8 Å². The minimum absolute atomic E-state index is 0.0307. The number of thiazole rings is 1. The van der Waals surface area contributed by atoms with E-state index >= 15 is 0 Å². The van der Waals surface area contributed by atoms with Crippen molar-refractivity contribution in [1.29, 1.82) is 0 Å². The van der Waals surface area contributed by atoms with Crippen LogP contribution < -0.4 is 5.32 Å². The van der Waals surface area contributed by atoms with Crippen LogP contribution >= 0.6 is 11.3 Å². The lowest BCUT2D eigenvalue weighted by molar-refractivity contribution is 0.0132. The third-order valence-electron chi connectivity index (χ3n) is 4.31. The molecular weight excluding hydrogens is 445 g/mol. The number of aryl methyl sites for hydroxylation is 2. The molecule has 32 heavy (non-hydrogen) atoms. The van der Waals surface area contributed by atoms with Gasteiger partial charge in [-0.05, 0) is 30.7 Å². The monoisotopic (exact) mass is 462 g/mol. The average molecular weight is 462 g/mol.